The highest BCUT2D eigenvalue weighted by molar-refractivity contribution is 7.86. The van der Waals surface area contributed by atoms with E-state index in [4.69, 9.17) is 13.7 Å². The number of carbonyl (C=O) groups is 1. The molecule has 0 spiro atoms. The molecule has 0 unspecified atom stereocenters. The van der Waals surface area contributed by atoms with Crippen molar-refractivity contribution in [3.63, 3.8) is 0 Å². The summed E-state index contributed by atoms with van der Waals surface area (Å²) < 4.78 is 40.2. The van der Waals surface area contributed by atoms with Gasteiger partial charge in [0.15, 0.2) is 0 Å². The molecule has 1 N–H and O–H groups in total. The van der Waals surface area contributed by atoms with Gasteiger partial charge in [0.1, 0.15) is 5.75 Å². The van der Waals surface area contributed by atoms with Gasteiger partial charge in [-0.3, -0.25) is 8.98 Å². The van der Waals surface area contributed by atoms with Crippen molar-refractivity contribution in [2.45, 2.75) is 44.4 Å². The molecular formula is C23H31NO6S. The van der Waals surface area contributed by atoms with Gasteiger partial charge in [0.2, 0.25) is 5.91 Å². The first-order valence-electron chi connectivity index (χ1n) is 10.5. The second-order valence-corrected chi connectivity index (χ2v) is 8.70. The maximum absolute atomic E-state index is 12.1. The third-order valence-corrected chi connectivity index (χ3v) is 5.61. The molecule has 31 heavy (non-hydrogen) atoms. The maximum atomic E-state index is 12.1. The van der Waals surface area contributed by atoms with E-state index in [-0.39, 0.29) is 17.4 Å². The lowest BCUT2D eigenvalue weighted by molar-refractivity contribution is -0.116. The Morgan fingerprint density at radius 2 is 1.61 bits per heavy atom. The van der Waals surface area contributed by atoms with Crippen LogP contribution in [0.1, 0.15) is 38.2 Å². The minimum Gasteiger partial charge on any atom is -0.494 e. The summed E-state index contributed by atoms with van der Waals surface area (Å²) in [7, 11) is -3.75. The highest BCUT2D eigenvalue weighted by Gasteiger charge is 2.14. The second kappa shape index (κ2) is 13.1. The number of hydrogen-bond acceptors (Lipinski definition) is 6. The number of rotatable bonds is 14. The number of amides is 1. The Morgan fingerprint density at radius 1 is 0.903 bits per heavy atom. The van der Waals surface area contributed by atoms with Crippen molar-refractivity contribution in [2.24, 2.45) is 0 Å². The summed E-state index contributed by atoms with van der Waals surface area (Å²) in [6.45, 7) is 5.59. The van der Waals surface area contributed by atoms with Crippen LogP contribution in [0.3, 0.4) is 0 Å². The monoisotopic (exact) mass is 449 g/mol. The average molecular weight is 450 g/mol. The first-order chi connectivity index (χ1) is 14.9. The average Bonchev–Trinajstić information content (AvgIpc) is 2.75. The van der Waals surface area contributed by atoms with E-state index in [9.17, 15) is 13.2 Å². The Labute approximate surface area is 184 Å². The molecule has 0 aliphatic rings. The molecule has 0 fully saturated rings. The third-order valence-electron chi connectivity index (χ3n) is 4.28. The van der Waals surface area contributed by atoms with E-state index in [2.05, 4.69) is 5.32 Å². The molecule has 0 radical (unpaired) electrons. The fourth-order valence-corrected chi connectivity index (χ4v) is 3.57. The van der Waals surface area contributed by atoms with Crippen molar-refractivity contribution in [2.75, 3.05) is 31.7 Å². The van der Waals surface area contributed by atoms with Gasteiger partial charge >= 0.3 is 0 Å². The van der Waals surface area contributed by atoms with Gasteiger partial charge in [0.05, 0.1) is 18.1 Å². The zero-order valence-corrected chi connectivity index (χ0v) is 18.9. The Hall–Kier alpha value is -2.42. The fourth-order valence-electron chi connectivity index (χ4n) is 2.63. The van der Waals surface area contributed by atoms with Crippen LogP contribution in [0.5, 0.6) is 5.75 Å². The zero-order chi connectivity index (χ0) is 22.5. The van der Waals surface area contributed by atoms with Crippen LogP contribution in [0.2, 0.25) is 0 Å². The van der Waals surface area contributed by atoms with Crippen molar-refractivity contribution in [1.82, 2.24) is 0 Å². The Morgan fingerprint density at radius 3 is 2.29 bits per heavy atom. The predicted molar refractivity (Wildman–Crippen MR) is 120 cm³/mol. The van der Waals surface area contributed by atoms with E-state index >= 15 is 0 Å². The zero-order valence-electron chi connectivity index (χ0n) is 18.1. The van der Waals surface area contributed by atoms with Crippen molar-refractivity contribution in [3.05, 3.63) is 54.1 Å². The lowest BCUT2D eigenvalue weighted by Crippen LogP contribution is -2.12. The van der Waals surface area contributed by atoms with Gasteiger partial charge in [-0.05, 0) is 56.2 Å². The SMILES string of the molecule is CCCOCCCC(=O)Nc1ccc(OCCCOS(=O)(=O)c2ccc(C)cc2)cc1. The van der Waals surface area contributed by atoms with E-state index in [1.54, 1.807) is 36.4 Å². The molecule has 2 aromatic rings. The normalized spacial score (nSPS) is 11.3. The van der Waals surface area contributed by atoms with Crippen LogP contribution in [0.4, 0.5) is 5.69 Å². The lowest BCUT2D eigenvalue weighted by atomic mass is 10.2. The smallest absolute Gasteiger partial charge is 0.296 e. The molecule has 0 bridgehead atoms. The van der Waals surface area contributed by atoms with Gasteiger partial charge in [-0.15, -0.1) is 0 Å². The molecule has 0 aliphatic carbocycles. The van der Waals surface area contributed by atoms with E-state index in [0.29, 0.717) is 43.9 Å². The van der Waals surface area contributed by atoms with Crippen LogP contribution in [0, 0.1) is 6.92 Å². The molecule has 8 heteroatoms. The second-order valence-electron chi connectivity index (χ2n) is 7.08. The van der Waals surface area contributed by atoms with Crippen molar-refractivity contribution in [3.8, 4) is 5.75 Å². The molecule has 0 heterocycles. The molecule has 0 aliphatic heterocycles. The van der Waals surface area contributed by atoms with Gasteiger partial charge < -0.3 is 14.8 Å². The molecular weight excluding hydrogens is 418 g/mol. The van der Waals surface area contributed by atoms with Crippen LogP contribution in [0.25, 0.3) is 0 Å². The molecule has 0 saturated carbocycles. The Kier molecular flexibility index (Phi) is 10.5. The topological polar surface area (TPSA) is 90.9 Å². The Balaban J connectivity index is 1.64. The number of benzene rings is 2. The first-order valence-corrected chi connectivity index (χ1v) is 11.9. The summed E-state index contributed by atoms with van der Waals surface area (Å²) in [5.41, 5.74) is 1.68. The summed E-state index contributed by atoms with van der Waals surface area (Å²) in [5.74, 6) is 0.577. The number of aryl methyl sites for hydroxylation is 1. The standard InChI is InChI=1S/C23H31NO6S/c1-3-15-28-16-4-6-23(25)24-20-9-11-21(12-10-20)29-17-5-18-30-31(26,27)22-13-7-19(2)8-14-22/h7-14H,3-6,15-18H2,1-2H3,(H,24,25). The molecule has 2 rings (SSSR count). The summed E-state index contributed by atoms with van der Waals surface area (Å²) in [4.78, 5) is 12.1. The molecule has 0 atom stereocenters. The molecule has 1 amide bonds. The number of anilines is 1. The van der Waals surface area contributed by atoms with E-state index in [1.807, 2.05) is 13.8 Å². The minimum absolute atomic E-state index is 0.0340. The first kappa shape index (κ1) is 24.8. The lowest BCUT2D eigenvalue weighted by Gasteiger charge is -2.09. The number of hydrogen-bond donors (Lipinski definition) is 1. The van der Waals surface area contributed by atoms with Crippen LogP contribution >= 0.6 is 0 Å². The molecule has 170 valence electrons. The predicted octanol–water partition coefficient (Wildman–Crippen LogP) is 4.31. The van der Waals surface area contributed by atoms with Crippen molar-refractivity contribution < 1.29 is 26.9 Å². The van der Waals surface area contributed by atoms with Gasteiger partial charge in [-0.25, -0.2) is 0 Å². The number of ether oxygens (including phenoxy) is 2. The van der Waals surface area contributed by atoms with Gasteiger partial charge in [0, 0.05) is 31.7 Å². The largest absolute Gasteiger partial charge is 0.494 e. The third kappa shape index (κ3) is 9.50. The van der Waals surface area contributed by atoms with E-state index < -0.39 is 10.1 Å². The summed E-state index contributed by atoms with van der Waals surface area (Å²) in [5, 5.41) is 2.84. The fraction of sp³-hybridized carbons (Fsp3) is 0.435. The van der Waals surface area contributed by atoms with Crippen LogP contribution in [-0.4, -0.2) is 40.8 Å². The molecule has 2 aromatic carbocycles. The minimum atomic E-state index is -3.75. The number of carbonyl (C=O) groups excluding carboxylic acids is 1. The Bertz CT molecular complexity index is 895. The summed E-state index contributed by atoms with van der Waals surface area (Å²) in [6.07, 6.45) is 2.49. The van der Waals surface area contributed by atoms with Gasteiger partial charge in [-0.2, -0.15) is 8.42 Å². The van der Waals surface area contributed by atoms with Crippen molar-refractivity contribution >= 4 is 21.7 Å². The summed E-state index contributed by atoms with van der Waals surface area (Å²) >= 11 is 0. The quantitative estimate of drug-likeness (QED) is 0.341. The summed E-state index contributed by atoms with van der Waals surface area (Å²) in [6, 6.07) is 13.6. The molecule has 0 aromatic heterocycles. The molecule has 7 nitrogen and oxygen atoms in total. The van der Waals surface area contributed by atoms with Gasteiger partial charge in [0.25, 0.3) is 10.1 Å². The molecule has 0 saturated heterocycles. The maximum Gasteiger partial charge on any atom is 0.296 e. The number of nitrogens with one attached hydrogen (secondary N) is 1. The van der Waals surface area contributed by atoms with Crippen molar-refractivity contribution in [1.29, 1.82) is 0 Å². The van der Waals surface area contributed by atoms with E-state index in [0.717, 1.165) is 18.6 Å². The highest BCUT2D eigenvalue weighted by Crippen LogP contribution is 2.17. The van der Waals surface area contributed by atoms with Crippen LogP contribution < -0.4 is 10.1 Å². The van der Waals surface area contributed by atoms with Gasteiger partial charge in [-0.1, -0.05) is 24.6 Å². The van der Waals surface area contributed by atoms with Crippen LogP contribution in [0.15, 0.2) is 53.4 Å². The van der Waals surface area contributed by atoms with Crippen LogP contribution in [-0.2, 0) is 23.8 Å². The van der Waals surface area contributed by atoms with E-state index in [1.165, 1.54) is 12.1 Å². The highest BCUT2D eigenvalue weighted by atomic mass is 32.2.